The molecule has 1 saturated carbocycles. The predicted octanol–water partition coefficient (Wildman–Crippen LogP) is 2.62. The van der Waals surface area contributed by atoms with Crippen LogP contribution in [0, 0.1) is 0 Å². The summed E-state index contributed by atoms with van der Waals surface area (Å²) in [5.41, 5.74) is 8.47. The van der Waals surface area contributed by atoms with E-state index in [1.165, 1.54) is 18.4 Å². The maximum atomic E-state index is 6.14. The Morgan fingerprint density at radius 3 is 2.30 bits per heavy atom. The zero-order valence-corrected chi connectivity index (χ0v) is 12.7. The van der Waals surface area contributed by atoms with Crippen LogP contribution in [0.5, 0.6) is 11.5 Å². The van der Waals surface area contributed by atoms with Crippen molar-refractivity contribution in [1.29, 1.82) is 0 Å². The second-order valence-electron chi connectivity index (χ2n) is 5.46. The van der Waals surface area contributed by atoms with E-state index in [1.54, 1.807) is 21.3 Å². The van der Waals surface area contributed by atoms with Crippen molar-refractivity contribution >= 4 is 0 Å². The highest BCUT2D eigenvalue weighted by molar-refractivity contribution is 5.55. The SMILES string of the molecule is COCc1ccc(OC)c(OC)c1C1(CN)CCCC1. The summed E-state index contributed by atoms with van der Waals surface area (Å²) in [7, 11) is 5.07. The number of ether oxygens (including phenoxy) is 3. The lowest BCUT2D eigenvalue weighted by molar-refractivity contribution is 0.181. The molecular formula is C16H25NO3. The molecule has 0 heterocycles. The summed E-state index contributed by atoms with van der Waals surface area (Å²) < 4.78 is 16.5. The van der Waals surface area contributed by atoms with Gasteiger partial charge in [0.05, 0.1) is 20.8 Å². The molecule has 2 rings (SSSR count). The van der Waals surface area contributed by atoms with E-state index in [2.05, 4.69) is 6.07 Å². The Kier molecular flexibility index (Phi) is 4.89. The Hall–Kier alpha value is -1.26. The molecule has 1 aliphatic carbocycles. The second kappa shape index (κ2) is 6.46. The molecule has 0 aliphatic heterocycles. The van der Waals surface area contributed by atoms with Crippen LogP contribution in [0.3, 0.4) is 0 Å². The molecule has 0 spiro atoms. The summed E-state index contributed by atoms with van der Waals surface area (Å²) in [6.45, 7) is 1.20. The van der Waals surface area contributed by atoms with Gasteiger partial charge in [0.1, 0.15) is 0 Å². The summed E-state index contributed by atoms with van der Waals surface area (Å²) in [4.78, 5) is 0. The van der Waals surface area contributed by atoms with Crippen LogP contribution in [0.2, 0.25) is 0 Å². The number of hydrogen-bond acceptors (Lipinski definition) is 4. The summed E-state index contributed by atoms with van der Waals surface area (Å²) in [6.07, 6.45) is 4.63. The third-order valence-corrected chi connectivity index (χ3v) is 4.41. The fourth-order valence-corrected chi connectivity index (χ4v) is 3.43. The van der Waals surface area contributed by atoms with Gasteiger partial charge in [-0.05, 0) is 24.5 Å². The molecule has 0 aromatic heterocycles. The Morgan fingerprint density at radius 1 is 1.10 bits per heavy atom. The van der Waals surface area contributed by atoms with Crippen LogP contribution in [-0.2, 0) is 16.8 Å². The first kappa shape index (κ1) is 15.1. The number of benzene rings is 1. The fourth-order valence-electron chi connectivity index (χ4n) is 3.43. The van der Waals surface area contributed by atoms with E-state index in [0.717, 1.165) is 29.9 Å². The van der Waals surface area contributed by atoms with Crippen LogP contribution in [0.25, 0.3) is 0 Å². The standard InChI is InChI=1S/C16H25NO3/c1-18-10-12-6-7-13(19-2)15(20-3)14(12)16(11-17)8-4-5-9-16/h6-7H,4-5,8-11,17H2,1-3H3. The summed E-state index contributed by atoms with van der Waals surface area (Å²) in [5.74, 6) is 1.58. The smallest absolute Gasteiger partial charge is 0.164 e. The van der Waals surface area contributed by atoms with Gasteiger partial charge in [0, 0.05) is 24.6 Å². The van der Waals surface area contributed by atoms with E-state index in [1.807, 2.05) is 6.07 Å². The van der Waals surface area contributed by atoms with Crippen LogP contribution >= 0.6 is 0 Å². The summed E-state index contributed by atoms with van der Waals surface area (Å²) in [6, 6.07) is 4.01. The van der Waals surface area contributed by atoms with Gasteiger partial charge in [0.2, 0.25) is 0 Å². The zero-order chi connectivity index (χ0) is 14.6. The van der Waals surface area contributed by atoms with E-state index in [4.69, 9.17) is 19.9 Å². The lowest BCUT2D eigenvalue weighted by Gasteiger charge is -2.32. The molecule has 0 saturated heterocycles. The average molecular weight is 279 g/mol. The number of hydrogen-bond donors (Lipinski definition) is 1. The molecule has 0 bridgehead atoms. The van der Waals surface area contributed by atoms with Gasteiger partial charge in [-0.1, -0.05) is 18.9 Å². The topological polar surface area (TPSA) is 53.7 Å². The van der Waals surface area contributed by atoms with E-state index in [0.29, 0.717) is 13.2 Å². The highest BCUT2D eigenvalue weighted by Gasteiger charge is 2.39. The Labute approximate surface area is 121 Å². The van der Waals surface area contributed by atoms with E-state index in [-0.39, 0.29) is 5.41 Å². The van der Waals surface area contributed by atoms with Gasteiger partial charge in [-0.3, -0.25) is 0 Å². The maximum absolute atomic E-state index is 6.14. The zero-order valence-electron chi connectivity index (χ0n) is 12.7. The van der Waals surface area contributed by atoms with Crippen molar-refractivity contribution < 1.29 is 14.2 Å². The predicted molar refractivity (Wildman–Crippen MR) is 79.5 cm³/mol. The molecule has 1 fully saturated rings. The molecule has 2 N–H and O–H groups in total. The maximum Gasteiger partial charge on any atom is 0.164 e. The first-order valence-corrected chi connectivity index (χ1v) is 7.15. The van der Waals surface area contributed by atoms with Crippen LogP contribution in [0.15, 0.2) is 12.1 Å². The highest BCUT2D eigenvalue weighted by Crippen LogP contribution is 2.48. The lowest BCUT2D eigenvalue weighted by atomic mass is 9.76. The van der Waals surface area contributed by atoms with Gasteiger partial charge in [-0.15, -0.1) is 0 Å². The molecule has 1 aliphatic rings. The lowest BCUT2D eigenvalue weighted by Crippen LogP contribution is -2.33. The largest absolute Gasteiger partial charge is 0.493 e. The molecule has 1 aromatic carbocycles. The average Bonchev–Trinajstić information content (AvgIpc) is 2.96. The summed E-state index contributed by atoms with van der Waals surface area (Å²) >= 11 is 0. The van der Waals surface area contributed by atoms with Gasteiger partial charge >= 0.3 is 0 Å². The third kappa shape index (κ3) is 2.50. The van der Waals surface area contributed by atoms with Crippen molar-refractivity contribution in [2.75, 3.05) is 27.9 Å². The van der Waals surface area contributed by atoms with Crippen molar-refractivity contribution in [3.05, 3.63) is 23.3 Å². The minimum absolute atomic E-state index is 0.00620. The van der Waals surface area contributed by atoms with Gasteiger partial charge < -0.3 is 19.9 Å². The molecule has 4 heteroatoms. The molecule has 4 nitrogen and oxygen atoms in total. The van der Waals surface area contributed by atoms with E-state index < -0.39 is 0 Å². The van der Waals surface area contributed by atoms with Gasteiger partial charge in [-0.2, -0.15) is 0 Å². The van der Waals surface area contributed by atoms with Crippen LogP contribution < -0.4 is 15.2 Å². The molecular weight excluding hydrogens is 254 g/mol. The van der Waals surface area contributed by atoms with Gasteiger partial charge in [0.25, 0.3) is 0 Å². The van der Waals surface area contributed by atoms with E-state index in [9.17, 15) is 0 Å². The fraction of sp³-hybridized carbons (Fsp3) is 0.625. The van der Waals surface area contributed by atoms with Crippen LogP contribution in [-0.4, -0.2) is 27.9 Å². The molecule has 1 aromatic rings. The Bertz CT molecular complexity index is 453. The van der Waals surface area contributed by atoms with E-state index >= 15 is 0 Å². The van der Waals surface area contributed by atoms with Crippen molar-refractivity contribution in [3.8, 4) is 11.5 Å². The molecule has 112 valence electrons. The molecule has 0 unspecified atom stereocenters. The number of methoxy groups -OCH3 is 3. The van der Waals surface area contributed by atoms with Crippen molar-refractivity contribution in [2.24, 2.45) is 5.73 Å². The minimum Gasteiger partial charge on any atom is -0.493 e. The third-order valence-electron chi connectivity index (χ3n) is 4.41. The second-order valence-corrected chi connectivity index (χ2v) is 5.46. The molecule has 0 radical (unpaired) electrons. The first-order valence-electron chi connectivity index (χ1n) is 7.15. The highest BCUT2D eigenvalue weighted by atomic mass is 16.5. The molecule has 0 amide bonds. The van der Waals surface area contributed by atoms with Crippen molar-refractivity contribution in [1.82, 2.24) is 0 Å². The Balaban J connectivity index is 2.62. The normalized spacial score (nSPS) is 17.2. The van der Waals surface area contributed by atoms with Crippen molar-refractivity contribution in [3.63, 3.8) is 0 Å². The monoisotopic (exact) mass is 279 g/mol. The quantitative estimate of drug-likeness (QED) is 0.869. The Morgan fingerprint density at radius 2 is 1.80 bits per heavy atom. The van der Waals surface area contributed by atoms with Crippen molar-refractivity contribution in [2.45, 2.75) is 37.7 Å². The van der Waals surface area contributed by atoms with Gasteiger partial charge in [0.15, 0.2) is 11.5 Å². The number of nitrogens with two attached hydrogens (primary N) is 1. The first-order chi connectivity index (χ1) is 9.72. The minimum atomic E-state index is -0.00620. The van der Waals surface area contributed by atoms with Gasteiger partial charge in [-0.25, -0.2) is 0 Å². The molecule has 20 heavy (non-hydrogen) atoms. The summed E-state index contributed by atoms with van der Waals surface area (Å²) in [5, 5.41) is 0. The molecule has 0 atom stereocenters. The number of rotatable bonds is 6. The van der Waals surface area contributed by atoms with Crippen LogP contribution in [0.1, 0.15) is 36.8 Å². The van der Waals surface area contributed by atoms with Crippen LogP contribution in [0.4, 0.5) is 0 Å².